The quantitative estimate of drug-likeness (QED) is 0.660. The zero-order valence-corrected chi connectivity index (χ0v) is 16.3. The number of tetrazole rings is 1. The zero-order chi connectivity index (χ0) is 20.3. The van der Waals surface area contributed by atoms with Gasteiger partial charge >= 0.3 is 0 Å². The van der Waals surface area contributed by atoms with Crippen molar-refractivity contribution in [2.45, 2.75) is 26.8 Å². The lowest BCUT2D eigenvalue weighted by atomic mass is 10.0. The molecule has 3 rings (SSSR count). The van der Waals surface area contributed by atoms with E-state index < -0.39 is 17.8 Å². The summed E-state index contributed by atoms with van der Waals surface area (Å²) >= 11 is 1.30. The van der Waals surface area contributed by atoms with Gasteiger partial charge in [-0.15, -0.1) is 16.4 Å². The number of nitrogens with one attached hydrogen (secondary N) is 2. The predicted molar refractivity (Wildman–Crippen MR) is 103 cm³/mol. The maximum absolute atomic E-state index is 14.2. The number of carbonyl (C=O) groups excluding carboxylic acids is 2. The predicted octanol–water partition coefficient (Wildman–Crippen LogP) is 2.56. The number of benzene rings is 1. The van der Waals surface area contributed by atoms with Crippen LogP contribution in [0.5, 0.6) is 0 Å². The SMILES string of the molecule is Cc1nnnn1-c1cc(NC(=O)C(NC(=O)c2cccs2)C(C)C)ccc1F. The summed E-state index contributed by atoms with van der Waals surface area (Å²) in [5.74, 6) is -0.977. The number of amides is 2. The van der Waals surface area contributed by atoms with E-state index in [2.05, 4.69) is 26.2 Å². The van der Waals surface area contributed by atoms with Gasteiger partial charge in [0.25, 0.3) is 5.91 Å². The highest BCUT2D eigenvalue weighted by molar-refractivity contribution is 7.12. The van der Waals surface area contributed by atoms with Crippen LogP contribution in [0.4, 0.5) is 10.1 Å². The van der Waals surface area contributed by atoms with Gasteiger partial charge in [-0.25, -0.2) is 4.39 Å². The molecule has 2 N–H and O–H groups in total. The number of carbonyl (C=O) groups is 2. The fourth-order valence-electron chi connectivity index (χ4n) is 2.58. The van der Waals surface area contributed by atoms with Crippen molar-refractivity contribution in [1.82, 2.24) is 25.5 Å². The van der Waals surface area contributed by atoms with E-state index in [1.807, 2.05) is 13.8 Å². The summed E-state index contributed by atoms with van der Waals surface area (Å²) in [5, 5.41) is 18.2. The molecule has 28 heavy (non-hydrogen) atoms. The topological polar surface area (TPSA) is 102 Å². The van der Waals surface area contributed by atoms with Crippen molar-refractivity contribution < 1.29 is 14.0 Å². The molecule has 2 aromatic heterocycles. The second kappa shape index (κ2) is 8.26. The first kappa shape index (κ1) is 19.6. The molecule has 0 aliphatic rings. The molecule has 3 aromatic rings. The van der Waals surface area contributed by atoms with E-state index >= 15 is 0 Å². The molecule has 1 unspecified atom stereocenters. The zero-order valence-electron chi connectivity index (χ0n) is 15.5. The minimum Gasteiger partial charge on any atom is -0.339 e. The molecule has 2 amide bonds. The Balaban J connectivity index is 1.78. The van der Waals surface area contributed by atoms with E-state index in [4.69, 9.17) is 0 Å². The molecular formula is C18H19FN6O2S. The monoisotopic (exact) mass is 402 g/mol. The van der Waals surface area contributed by atoms with Crippen LogP contribution in [0.25, 0.3) is 5.69 Å². The first-order valence-electron chi connectivity index (χ1n) is 8.57. The molecule has 0 spiro atoms. The lowest BCUT2D eigenvalue weighted by Gasteiger charge is -2.21. The van der Waals surface area contributed by atoms with Crippen LogP contribution < -0.4 is 10.6 Å². The molecule has 146 valence electrons. The highest BCUT2D eigenvalue weighted by Gasteiger charge is 2.25. The van der Waals surface area contributed by atoms with Gasteiger partial charge in [-0.3, -0.25) is 9.59 Å². The third-order valence-corrected chi connectivity index (χ3v) is 4.92. The third kappa shape index (κ3) is 4.22. The lowest BCUT2D eigenvalue weighted by Crippen LogP contribution is -2.46. The number of thiophene rings is 1. The van der Waals surface area contributed by atoms with E-state index in [-0.39, 0.29) is 17.5 Å². The van der Waals surface area contributed by atoms with E-state index in [0.29, 0.717) is 16.4 Å². The van der Waals surface area contributed by atoms with Gasteiger partial charge in [-0.1, -0.05) is 19.9 Å². The van der Waals surface area contributed by atoms with Gasteiger partial charge in [0.15, 0.2) is 5.82 Å². The standard InChI is InChI=1S/C18H19FN6O2S/c1-10(2)16(21-17(26)15-5-4-8-28-15)18(27)20-12-6-7-13(19)14(9-12)25-11(3)22-23-24-25/h4-10,16H,1-3H3,(H,20,27)(H,21,26). The van der Waals surface area contributed by atoms with Crippen LogP contribution in [-0.2, 0) is 4.79 Å². The van der Waals surface area contributed by atoms with Crippen molar-refractivity contribution in [3.05, 3.63) is 52.2 Å². The summed E-state index contributed by atoms with van der Waals surface area (Å²) in [5.41, 5.74) is 0.483. The Hall–Kier alpha value is -3.14. The summed E-state index contributed by atoms with van der Waals surface area (Å²) in [6, 6.07) is 6.81. The average molecular weight is 402 g/mol. The van der Waals surface area contributed by atoms with Gasteiger partial charge in [-0.05, 0) is 52.9 Å². The van der Waals surface area contributed by atoms with Gasteiger partial charge in [0.2, 0.25) is 5.91 Å². The second-order valence-corrected chi connectivity index (χ2v) is 7.41. The molecule has 0 bridgehead atoms. The molecule has 2 heterocycles. The van der Waals surface area contributed by atoms with E-state index in [0.717, 1.165) is 0 Å². The molecule has 0 aliphatic carbocycles. The minimum atomic E-state index is -0.752. The van der Waals surface area contributed by atoms with Crippen LogP contribution in [0.15, 0.2) is 35.7 Å². The average Bonchev–Trinajstić information content (AvgIpc) is 3.32. The maximum atomic E-state index is 14.2. The summed E-state index contributed by atoms with van der Waals surface area (Å²) in [7, 11) is 0. The number of aromatic nitrogens is 4. The number of hydrogen-bond donors (Lipinski definition) is 2. The molecule has 0 radical (unpaired) electrons. The largest absolute Gasteiger partial charge is 0.339 e. The second-order valence-electron chi connectivity index (χ2n) is 6.47. The van der Waals surface area contributed by atoms with Gasteiger partial charge in [0.05, 0.1) is 4.88 Å². The number of aryl methyl sites for hydroxylation is 1. The number of hydrogen-bond acceptors (Lipinski definition) is 6. The molecule has 8 nitrogen and oxygen atoms in total. The van der Waals surface area contributed by atoms with Crippen LogP contribution in [0, 0.1) is 18.7 Å². The van der Waals surface area contributed by atoms with Crippen molar-refractivity contribution in [2.75, 3.05) is 5.32 Å². The van der Waals surface area contributed by atoms with Crippen molar-refractivity contribution in [3.63, 3.8) is 0 Å². The Kier molecular flexibility index (Phi) is 5.78. The third-order valence-electron chi connectivity index (χ3n) is 4.05. The Morgan fingerprint density at radius 3 is 2.64 bits per heavy atom. The minimum absolute atomic E-state index is 0.115. The van der Waals surface area contributed by atoms with E-state index in [1.165, 1.54) is 34.2 Å². The maximum Gasteiger partial charge on any atom is 0.262 e. The molecule has 0 saturated carbocycles. The lowest BCUT2D eigenvalue weighted by molar-refractivity contribution is -0.118. The number of rotatable bonds is 6. The van der Waals surface area contributed by atoms with Gasteiger partial charge in [0.1, 0.15) is 17.5 Å². The summed E-state index contributed by atoms with van der Waals surface area (Å²) in [6.07, 6.45) is 0. The van der Waals surface area contributed by atoms with Crippen LogP contribution in [0.2, 0.25) is 0 Å². The molecule has 10 heteroatoms. The summed E-state index contributed by atoms with van der Waals surface area (Å²) < 4.78 is 15.4. The molecular weight excluding hydrogens is 383 g/mol. The Labute approximate surface area is 164 Å². The molecule has 1 aromatic carbocycles. The van der Waals surface area contributed by atoms with Crippen molar-refractivity contribution >= 4 is 28.8 Å². The number of anilines is 1. The smallest absolute Gasteiger partial charge is 0.262 e. The van der Waals surface area contributed by atoms with Crippen LogP contribution >= 0.6 is 11.3 Å². The van der Waals surface area contributed by atoms with Crippen molar-refractivity contribution in [2.24, 2.45) is 5.92 Å². The number of nitrogens with zero attached hydrogens (tertiary/aromatic N) is 4. The van der Waals surface area contributed by atoms with Crippen LogP contribution in [-0.4, -0.2) is 38.1 Å². The van der Waals surface area contributed by atoms with Crippen LogP contribution in [0.3, 0.4) is 0 Å². The fourth-order valence-corrected chi connectivity index (χ4v) is 3.21. The van der Waals surface area contributed by atoms with E-state index in [9.17, 15) is 14.0 Å². The van der Waals surface area contributed by atoms with Crippen LogP contribution in [0.1, 0.15) is 29.3 Å². The first-order valence-corrected chi connectivity index (χ1v) is 9.45. The highest BCUT2D eigenvalue weighted by atomic mass is 32.1. The Morgan fingerprint density at radius 2 is 2.04 bits per heavy atom. The molecule has 1 atom stereocenters. The summed E-state index contributed by atoms with van der Waals surface area (Å²) in [6.45, 7) is 5.30. The highest BCUT2D eigenvalue weighted by Crippen LogP contribution is 2.20. The number of halogens is 1. The fraction of sp³-hybridized carbons (Fsp3) is 0.278. The first-order chi connectivity index (χ1) is 13.4. The Bertz CT molecular complexity index is 986. The van der Waals surface area contributed by atoms with Gasteiger partial charge < -0.3 is 10.6 Å². The van der Waals surface area contributed by atoms with E-state index in [1.54, 1.807) is 24.4 Å². The molecule has 0 saturated heterocycles. The van der Waals surface area contributed by atoms with Gasteiger partial charge in [0, 0.05) is 5.69 Å². The Morgan fingerprint density at radius 1 is 1.25 bits per heavy atom. The normalized spacial score (nSPS) is 12.0. The summed E-state index contributed by atoms with van der Waals surface area (Å²) in [4.78, 5) is 25.6. The van der Waals surface area contributed by atoms with Crippen molar-refractivity contribution in [1.29, 1.82) is 0 Å². The molecule has 0 fully saturated rings. The van der Waals surface area contributed by atoms with Gasteiger partial charge in [-0.2, -0.15) is 4.68 Å². The van der Waals surface area contributed by atoms with Crippen molar-refractivity contribution in [3.8, 4) is 5.69 Å². The molecule has 0 aliphatic heterocycles.